The minimum atomic E-state index is -2.85. The molecular weight excluding hydrogens is 344 g/mol. The molecule has 1 heterocycles. The van der Waals surface area contributed by atoms with Gasteiger partial charge in [0.2, 0.25) is 0 Å². The fraction of sp³-hybridized carbons (Fsp3) is 1.00. The third-order valence-corrected chi connectivity index (χ3v) is 15.0. The molecule has 24 heavy (non-hydrogen) atoms. The summed E-state index contributed by atoms with van der Waals surface area (Å²) in [5.74, 6) is -2.85. The summed E-state index contributed by atoms with van der Waals surface area (Å²) in [6.07, 6.45) is -1.11. The lowest BCUT2D eigenvalue weighted by Crippen LogP contribution is -2.53. The Morgan fingerprint density at radius 2 is 1.42 bits per heavy atom. The first-order valence-electron chi connectivity index (χ1n) is 8.84. The third-order valence-electron chi connectivity index (χ3n) is 6.04. The van der Waals surface area contributed by atoms with E-state index < -0.39 is 34.7 Å². The van der Waals surface area contributed by atoms with Crippen LogP contribution in [0, 0.1) is 0 Å². The molecule has 3 nitrogen and oxygen atoms in total. The van der Waals surface area contributed by atoms with Crippen LogP contribution in [0.1, 0.15) is 41.5 Å². The number of halogens is 2. The highest BCUT2D eigenvalue weighted by atomic mass is 28.4. The van der Waals surface area contributed by atoms with Crippen molar-refractivity contribution in [1.82, 2.24) is 5.32 Å². The van der Waals surface area contributed by atoms with Crippen LogP contribution < -0.4 is 5.32 Å². The van der Waals surface area contributed by atoms with E-state index in [2.05, 4.69) is 60.0 Å². The zero-order chi connectivity index (χ0) is 19.2. The van der Waals surface area contributed by atoms with Crippen molar-refractivity contribution < 1.29 is 17.6 Å². The molecule has 1 aliphatic heterocycles. The van der Waals surface area contributed by atoms with Gasteiger partial charge in [-0.3, -0.25) is 0 Å². The van der Waals surface area contributed by atoms with Gasteiger partial charge in [-0.2, -0.15) is 0 Å². The predicted molar refractivity (Wildman–Crippen MR) is 102 cm³/mol. The van der Waals surface area contributed by atoms with E-state index in [1.807, 2.05) is 13.1 Å². The van der Waals surface area contributed by atoms with Gasteiger partial charge >= 0.3 is 0 Å². The second kappa shape index (κ2) is 6.72. The predicted octanol–water partition coefficient (Wildman–Crippen LogP) is 5.01. The summed E-state index contributed by atoms with van der Waals surface area (Å²) in [6, 6.07) is -0.455. The van der Waals surface area contributed by atoms with Gasteiger partial charge in [0.25, 0.3) is 5.92 Å². The smallest absolute Gasteiger partial charge is 0.286 e. The van der Waals surface area contributed by atoms with E-state index in [4.69, 9.17) is 8.85 Å². The average Bonchev–Trinajstić information content (AvgIpc) is 2.60. The lowest BCUT2D eigenvalue weighted by atomic mass is 10.1. The maximum atomic E-state index is 14.4. The van der Waals surface area contributed by atoms with Gasteiger partial charge in [-0.15, -0.1) is 0 Å². The number of alkyl halides is 2. The molecule has 0 aromatic rings. The molecule has 0 radical (unpaired) electrons. The summed E-state index contributed by atoms with van der Waals surface area (Å²) < 4.78 is 41.1. The molecular formula is C17H37F2NO2Si2. The maximum absolute atomic E-state index is 14.4. The van der Waals surface area contributed by atoms with Gasteiger partial charge in [-0.25, -0.2) is 8.78 Å². The van der Waals surface area contributed by atoms with E-state index in [0.717, 1.165) is 0 Å². The Kier molecular flexibility index (Phi) is 6.22. The molecule has 0 amide bonds. The molecule has 0 aliphatic carbocycles. The van der Waals surface area contributed by atoms with E-state index in [9.17, 15) is 8.78 Å². The molecule has 0 saturated carbocycles. The number of nitrogens with one attached hydrogen (secondary N) is 1. The van der Waals surface area contributed by atoms with Crippen molar-refractivity contribution in [2.45, 2.75) is 95.9 Å². The minimum Gasteiger partial charge on any atom is -0.415 e. The van der Waals surface area contributed by atoms with Crippen LogP contribution in [0.25, 0.3) is 0 Å². The van der Waals surface area contributed by atoms with Crippen molar-refractivity contribution in [1.29, 1.82) is 0 Å². The van der Waals surface area contributed by atoms with Crippen LogP contribution in [0.2, 0.25) is 36.3 Å². The quantitative estimate of drug-likeness (QED) is 0.679. The number of hydrogen-bond donors (Lipinski definition) is 1. The second-order valence-electron chi connectivity index (χ2n) is 10.1. The van der Waals surface area contributed by atoms with Crippen LogP contribution in [0.4, 0.5) is 8.78 Å². The molecule has 7 heteroatoms. The molecule has 0 aromatic carbocycles. The lowest BCUT2D eigenvalue weighted by molar-refractivity contribution is -0.0769. The Bertz CT molecular complexity index is 443. The summed E-state index contributed by atoms with van der Waals surface area (Å²) in [5.41, 5.74) is 0. The topological polar surface area (TPSA) is 30.5 Å². The van der Waals surface area contributed by atoms with Gasteiger partial charge in [-0.05, 0) is 36.3 Å². The van der Waals surface area contributed by atoms with Gasteiger partial charge in [0, 0.05) is 0 Å². The molecule has 1 aliphatic rings. The van der Waals surface area contributed by atoms with Crippen LogP contribution in [0.15, 0.2) is 0 Å². The van der Waals surface area contributed by atoms with Gasteiger partial charge in [-0.1, -0.05) is 41.5 Å². The summed E-state index contributed by atoms with van der Waals surface area (Å²) in [7, 11) is -4.25. The van der Waals surface area contributed by atoms with E-state index in [0.29, 0.717) is 0 Å². The first-order valence-corrected chi connectivity index (χ1v) is 14.7. The van der Waals surface area contributed by atoms with E-state index >= 15 is 0 Å². The monoisotopic (exact) mass is 381 g/mol. The molecule has 1 saturated heterocycles. The van der Waals surface area contributed by atoms with Gasteiger partial charge in [0.1, 0.15) is 6.10 Å². The minimum absolute atomic E-state index is 0.0594. The molecule has 0 bridgehead atoms. The first-order chi connectivity index (χ1) is 10.4. The molecule has 144 valence electrons. The van der Waals surface area contributed by atoms with Crippen molar-refractivity contribution in [3.63, 3.8) is 0 Å². The van der Waals surface area contributed by atoms with E-state index in [1.165, 1.54) is 0 Å². The molecule has 1 N–H and O–H groups in total. The van der Waals surface area contributed by atoms with Crippen LogP contribution in [-0.2, 0) is 8.85 Å². The van der Waals surface area contributed by atoms with Gasteiger partial charge in [0.15, 0.2) is 16.6 Å². The fourth-order valence-electron chi connectivity index (χ4n) is 2.09. The summed E-state index contributed by atoms with van der Waals surface area (Å²) in [5, 5.41) is 2.90. The fourth-order valence-corrected chi connectivity index (χ4v) is 4.45. The Labute approximate surface area is 149 Å². The standard InChI is InChI=1S/C17H37F2NO2Si2/c1-15(2,3)23(7,8)21-11-13-14(17(18,19)12-20-13)22-24(9,10)16(4,5)6/h13-14,20H,11-12H2,1-10H3/t13-,14?/m1/s1. The molecule has 1 fully saturated rings. The van der Waals surface area contributed by atoms with E-state index in [1.54, 1.807) is 0 Å². The molecule has 0 aromatic heterocycles. The van der Waals surface area contributed by atoms with Crippen molar-refractivity contribution in [2.24, 2.45) is 0 Å². The Morgan fingerprint density at radius 1 is 0.958 bits per heavy atom. The van der Waals surface area contributed by atoms with Gasteiger partial charge < -0.3 is 14.2 Å². The Hall–Kier alpha value is 0.174. The second-order valence-corrected chi connectivity index (χ2v) is 19.7. The van der Waals surface area contributed by atoms with Gasteiger partial charge in [0.05, 0.1) is 19.2 Å². The van der Waals surface area contributed by atoms with E-state index in [-0.39, 0.29) is 23.2 Å². The highest BCUT2D eigenvalue weighted by Gasteiger charge is 2.55. The highest BCUT2D eigenvalue weighted by molar-refractivity contribution is 6.74. The zero-order valence-electron chi connectivity index (χ0n) is 17.1. The number of rotatable bonds is 5. The molecule has 1 unspecified atom stereocenters. The largest absolute Gasteiger partial charge is 0.415 e. The third kappa shape index (κ3) is 4.87. The van der Waals surface area contributed by atoms with Crippen molar-refractivity contribution in [2.75, 3.05) is 13.2 Å². The SMILES string of the molecule is CC(C)(C)[Si](C)(C)OC[C@H]1NCC(F)(F)C1O[Si](C)(C)C(C)(C)C. The average molecular weight is 382 g/mol. The lowest BCUT2D eigenvalue weighted by Gasteiger charge is -2.41. The number of hydrogen-bond acceptors (Lipinski definition) is 3. The van der Waals surface area contributed by atoms with Crippen LogP contribution in [0.3, 0.4) is 0 Å². The van der Waals surface area contributed by atoms with Crippen LogP contribution in [0.5, 0.6) is 0 Å². The van der Waals surface area contributed by atoms with Crippen molar-refractivity contribution in [3.05, 3.63) is 0 Å². The molecule has 0 spiro atoms. The Morgan fingerprint density at radius 3 is 1.83 bits per heavy atom. The zero-order valence-corrected chi connectivity index (χ0v) is 19.1. The normalized spacial score (nSPS) is 26.0. The van der Waals surface area contributed by atoms with Crippen molar-refractivity contribution in [3.8, 4) is 0 Å². The molecule has 1 rings (SSSR count). The van der Waals surface area contributed by atoms with Crippen molar-refractivity contribution >= 4 is 16.6 Å². The maximum Gasteiger partial charge on any atom is 0.286 e. The first kappa shape index (κ1) is 22.2. The summed E-state index contributed by atoms with van der Waals surface area (Å²) in [6.45, 7) is 20.9. The summed E-state index contributed by atoms with van der Waals surface area (Å²) in [4.78, 5) is 0. The molecule has 2 atom stereocenters. The van der Waals surface area contributed by atoms with Crippen LogP contribution in [-0.4, -0.2) is 47.9 Å². The van der Waals surface area contributed by atoms with Crippen LogP contribution >= 0.6 is 0 Å². The highest BCUT2D eigenvalue weighted by Crippen LogP contribution is 2.42. The Balaban J connectivity index is 2.88. The summed E-state index contributed by atoms with van der Waals surface area (Å²) >= 11 is 0.